The number of nitrogens with one attached hydrogen (secondary N) is 1. The van der Waals surface area contributed by atoms with Gasteiger partial charge in [-0.1, -0.05) is 0 Å². The molecular weight excluding hydrogens is 423 g/mol. The third-order valence-corrected chi connectivity index (χ3v) is 4.38. The number of carbonyl (C=O) groups excluding carboxylic acids is 2. The minimum absolute atomic E-state index is 0.0688. The molecule has 0 radical (unpaired) electrons. The van der Waals surface area contributed by atoms with Gasteiger partial charge in [-0.15, -0.1) is 0 Å². The molecule has 0 aliphatic rings. The van der Waals surface area contributed by atoms with Crippen LogP contribution < -0.4 is 5.32 Å². The van der Waals surface area contributed by atoms with Gasteiger partial charge in [-0.2, -0.15) is 23.4 Å². The van der Waals surface area contributed by atoms with Gasteiger partial charge in [0.1, 0.15) is 0 Å². The summed E-state index contributed by atoms with van der Waals surface area (Å²) in [7, 11) is 2.74. The second-order valence-corrected chi connectivity index (χ2v) is 6.12. The number of rotatable bonds is 5. The SMILES string of the molecule is COC(=O)c1nn(C)cc1NC(=O)CCn1nc(C(F)(F)F)c(Br)c1C. The molecule has 2 aromatic heterocycles. The number of hydrogen-bond acceptors (Lipinski definition) is 5. The van der Waals surface area contributed by atoms with Crippen molar-refractivity contribution in [3.63, 3.8) is 0 Å². The number of methoxy groups -OCH3 is 1. The fourth-order valence-corrected chi connectivity index (χ4v) is 2.68. The minimum atomic E-state index is -4.60. The number of alkyl halides is 3. The first-order valence-corrected chi connectivity index (χ1v) is 8.05. The molecular formula is C14H15BrF3N5O3. The summed E-state index contributed by atoms with van der Waals surface area (Å²) in [5, 5.41) is 9.87. The van der Waals surface area contributed by atoms with Crippen LogP contribution in [0, 0.1) is 6.92 Å². The number of carbonyl (C=O) groups is 2. The molecule has 0 saturated carbocycles. The van der Waals surface area contributed by atoms with Crippen molar-refractivity contribution in [3.8, 4) is 0 Å². The standard InChI is InChI=1S/C14H15BrF3N5O3/c1-7-10(15)12(14(16,17)18)21-23(7)5-4-9(24)19-8-6-22(2)20-11(8)13(25)26-3/h6H,4-5H2,1-3H3,(H,19,24). The molecule has 0 aromatic carbocycles. The van der Waals surface area contributed by atoms with Gasteiger partial charge in [0.25, 0.3) is 0 Å². The maximum absolute atomic E-state index is 12.8. The van der Waals surface area contributed by atoms with Gasteiger partial charge in [-0.3, -0.25) is 14.2 Å². The lowest BCUT2D eigenvalue weighted by Gasteiger charge is -2.06. The van der Waals surface area contributed by atoms with E-state index in [9.17, 15) is 22.8 Å². The minimum Gasteiger partial charge on any atom is -0.464 e. The molecule has 2 heterocycles. The van der Waals surface area contributed by atoms with Crippen LogP contribution in [0.15, 0.2) is 10.7 Å². The van der Waals surface area contributed by atoms with E-state index in [1.54, 1.807) is 7.05 Å². The average molecular weight is 438 g/mol. The number of hydrogen-bond donors (Lipinski definition) is 1. The molecule has 0 unspecified atom stereocenters. The molecule has 2 rings (SSSR count). The monoisotopic (exact) mass is 437 g/mol. The number of halogens is 4. The van der Waals surface area contributed by atoms with E-state index in [4.69, 9.17) is 0 Å². The summed E-state index contributed by atoms with van der Waals surface area (Å²) >= 11 is 2.87. The van der Waals surface area contributed by atoms with Crippen LogP contribution in [-0.2, 0) is 29.3 Å². The van der Waals surface area contributed by atoms with Crippen molar-refractivity contribution >= 4 is 33.5 Å². The van der Waals surface area contributed by atoms with Crippen LogP contribution in [0.25, 0.3) is 0 Å². The van der Waals surface area contributed by atoms with E-state index in [0.717, 1.165) is 4.68 Å². The molecule has 0 spiro atoms. The first-order valence-electron chi connectivity index (χ1n) is 7.26. The van der Waals surface area contributed by atoms with Gasteiger partial charge in [0.2, 0.25) is 5.91 Å². The number of nitrogens with zero attached hydrogens (tertiary/aromatic N) is 4. The van der Waals surface area contributed by atoms with E-state index in [2.05, 4.69) is 36.2 Å². The van der Waals surface area contributed by atoms with E-state index >= 15 is 0 Å². The van der Waals surface area contributed by atoms with Crippen molar-refractivity contribution in [2.45, 2.75) is 26.1 Å². The largest absolute Gasteiger partial charge is 0.464 e. The van der Waals surface area contributed by atoms with Crippen LogP contribution in [0.3, 0.4) is 0 Å². The summed E-state index contributed by atoms with van der Waals surface area (Å²) in [6.45, 7) is 1.39. The normalized spacial score (nSPS) is 11.5. The van der Waals surface area contributed by atoms with Gasteiger partial charge < -0.3 is 10.1 Å². The summed E-state index contributed by atoms with van der Waals surface area (Å²) in [6, 6.07) is 0. The third kappa shape index (κ3) is 4.23. The van der Waals surface area contributed by atoms with Crippen molar-refractivity contribution in [1.29, 1.82) is 0 Å². The number of esters is 1. The van der Waals surface area contributed by atoms with Gasteiger partial charge in [0.15, 0.2) is 11.4 Å². The summed E-state index contributed by atoms with van der Waals surface area (Å²) in [4.78, 5) is 23.7. The molecule has 0 bridgehead atoms. The Morgan fingerprint density at radius 1 is 1.35 bits per heavy atom. The second kappa shape index (κ2) is 7.48. The molecule has 2 aromatic rings. The summed E-state index contributed by atoms with van der Waals surface area (Å²) in [5.74, 6) is -1.23. The molecule has 12 heteroatoms. The first kappa shape index (κ1) is 19.9. The third-order valence-electron chi connectivity index (χ3n) is 3.43. The van der Waals surface area contributed by atoms with Crippen LogP contribution in [0.5, 0.6) is 0 Å². The topological polar surface area (TPSA) is 91.0 Å². The van der Waals surface area contributed by atoms with E-state index in [-0.39, 0.29) is 34.5 Å². The fourth-order valence-electron chi connectivity index (χ4n) is 2.17. The maximum atomic E-state index is 12.8. The lowest BCUT2D eigenvalue weighted by atomic mass is 10.3. The summed E-state index contributed by atoms with van der Waals surface area (Å²) in [6.07, 6.45) is -3.33. The number of aryl methyl sites for hydroxylation is 2. The summed E-state index contributed by atoms with van der Waals surface area (Å²) in [5.41, 5.74) is -0.711. The number of anilines is 1. The van der Waals surface area contributed by atoms with Gasteiger partial charge >= 0.3 is 12.1 Å². The Labute approximate surface area is 154 Å². The van der Waals surface area contributed by atoms with E-state index in [1.165, 1.54) is 24.9 Å². The molecule has 142 valence electrons. The van der Waals surface area contributed by atoms with Crippen LogP contribution in [0.1, 0.15) is 28.3 Å². The van der Waals surface area contributed by atoms with E-state index in [1.807, 2.05) is 0 Å². The van der Waals surface area contributed by atoms with Crippen LogP contribution >= 0.6 is 15.9 Å². The van der Waals surface area contributed by atoms with E-state index < -0.39 is 23.7 Å². The lowest BCUT2D eigenvalue weighted by molar-refractivity contribution is -0.142. The molecule has 8 nitrogen and oxygen atoms in total. The first-order chi connectivity index (χ1) is 12.0. The Bertz CT molecular complexity index is 844. The molecule has 1 N–H and O–H groups in total. The maximum Gasteiger partial charge on any atom is 0.436 e. The smallest absolute Gasteiger partial charge is 0.436 e. The Morgan fingerprint density at radius 3 is 2.54 bits per heavy atom. The number of amides is 1. The van der Waals surface area contributed by atoms with Crippen molar-refractivity contribution in [2.75, 3.05) is 12.4 Å². The molecule has 1 amide bonds. The Kier molecular flexibility index (Phi) is 5.74. The Morgan fingerprint density at radius 2 is 2.00 bits per heavy atom. The van der Waals surface area contributed by atoms with Crippen LogP contribution in [-0.4, -0.2) is 38.5 Å². The van der Waals surface area contributed by atoms with Crippen LogP contribution in [0.2, 0.25) is 0 Å². The predicted molar refractivity (Wildman–Crippen MR) is 87.5 cm³/mol. The Balaban J connectivity index is 2.08. The highest BCUT2D eigenvalue weighted by molar-refractivity contribution is 9.10. The van der Waals surface area contributed by atoms with E-state index in [0.29, 0.717) is 0 Å². The average Bonchev–Trinajstić information content (AvgIpc) is 3.05. The van der Waals surface area contributed by atoms with Crippen molar-refractivity contribution < 1.29 is 27.5 Å². The van der Waals surface area contributed by atoms with Gasteiger partial charge in [-0.25, -0.2) is 4.79 Å². The fraction of sp³-hybridized carbons (Fsp3) is 0.429. The predicted octanol–water partition coefficient (Wildman–Crippen LogP) is 2.52. The Hall–Kier alpha value is -2.37. The van der Waals surface area contributed by atoms with Crippen molar-refractivity contribution in [2.24, 2.45) is 7.05 Å². The second-order valence-electron chi connectivity index (χ2n) is 5.32. The highest BCUT2D eigenvalue weighted by Crippen LogP contribution is 2.35. The zero-order chi connectivity index (χ0) is 19.6. The van der Waals surface area contributed by atoms with Gasteiger partial charge in [0, 0.05) is 19.7 Å². The zero-order valence-electron chi connectivity index (χ0n) is 14.0. The number of ether oxygens (including phenoxy) is 1. The highest BCUT2D eigenvalue weighted by Gasteiger charge is 2.37. The molecule has 0 aliphatic carbocycles. The molecule has 26 heavy (non-hydrogen) atoms. The summed E-state index contributed by atoms with van der Waals surface area (Å²) < 4.78 is 45.4. The van der Waals surface area contributed by atoms with Crippen molar-refractivity contribution in [3.05, 3.63) is 27.8 Å². The highest BCUT2D eigenvalue weighted by atomic mass is 79.9. The molecule has 0 aliphatic heterocycles. The number of aromatic nitrogens is 4. The molecule has 0 atom stereocenters. The lowest BCUT2D eigenvalue weighted by Crippen LogP contribution is -2.17. The molecule has 0 fully saturated rings. The van der Waals surface area contributed by atoms with Crippen molar-refractivity contribution in [1.82, 2.24) is 19.6 Å². The zero-order valence-corrected chi connectivity index (χ0v) is 15.6. The molecule has 0 saturated heterocycles. The van der Waals surface area contributed by atoms with Gasteiger partial charge in [-0.05, 0) is 22.9 Å². The van der Waals surface area contributed by atoms with Gasteiger partial charge in [0.05, 0.1) is 29.5 Å². The van der Waals surface area contributed by atoms with Crippen LogP contribution in [0.4, 0.5) is 18.9 Å². The quantitative estimate of drug-likeness (QED) is 0.725.